The van der Waals surface area contributed by atoms with Crippen LogP contribution in [-0.2, 0) is 6.18 Å². The first kappa shape index (κ1) is 18.0. The van der Waals surface area contributed by atoms with Crippen LogP contribution in [0.2, 0.25) is 0 Å². The molecule has 1 saturated carbocycles. The number of likely N-dealkylation sites (tertiary alicyclic amines) is 1. The van der Waals surface area contributed by atoms with Gasteiger partial charge in [-0.25, -0.2) is 0 Å². The Bertz CT molecular complexity index is 629. The normalized spacial score (nSPS) is 21.4. The molecular weight excluding hydrogens is 333 g/mol. The standard InChI is InChI=1S/C18H23F3N2O2/c1-25-16-7-6-13(18(19,20)21)9-15(16)17(24)22-10-14-3-2-8-23(14)11-12-4-5-12/h6-7,9,12,14H,2-5,8,10-11H2,1H3,(H,22,24). The molecule has 2 aliphatic rings. The van der Waals surface area contributed by atoms with Gasteiger partial charge >= 0.3 is 6.18 Å². The lowest BCUT2D eigenvalue weighted by molar-refractivity contribution is -0.137. The second kappa shape index (κ2) is 7.23. The van der Waals surface area contributed by atoms with Gasteiger partial charge in [-0.05, 0) is 56.3 Å². The molecule has 1 atom stereocenters. The molecule has 1 heterocycles. The second-order valence-corrected chi connectivity index (χ2v) is 6.86. The van der Waals surface area contributed by atoms with Gasteiger partial charge in [-0.3, -0.25) is 9.69 Å². The number of hydrogen-bond acceptors (Lipinski definition) is 3. The van der Waals surface area contributed by atoms with E-state index < -0.39 is 17.6 Å². The van der Waals surface area contributed by atoms with E-state index in [0.29, 0.717) is 6.54 Å². The summed E-state index contributed by atoms with van der Waals surface area (Å²) in [6.45, 7) is 2.54. The molecule has 0 aromatic heterocycles. The predicted molar refractivity (Wildman–Crippen MR) is 87.6 cm³/mol. The van der Waals surface area contributed by atoms with Gasteiger partial charge in [0.2, 0.25) is 0 Å². The highest BCUT2D eigenvalue weighted by atomic mass is 19.4. The Balaban J connectivity index is 1.65. The summed E-state index contributed by atoms with van der Waals surface area (Å²) in [5, 5.41) is 2.79. The van der Waals surface area contributed by atoms with Crippen LogP contribution in [0.3, 0.4) is 0 Å². The third kappa shape index (κ3) is 4.45. The van der Waals surface area contributed by atoms with Crippen LogP contribution in [0.4, 0.5) is 13.2 Å². The zero-order chi connectivity index (χ0) is 18.0. The monoisotopic (exact) mass is 356 g/mol. The fraction of sp³-hybridized carbons (Fsp3) is 0.611. The Morgan fingerprint density at radius 3 is 2.72 bits per heavy atom. The van der Waals surface area contributed by atoms with Crippen molar-refractivity contribution in [1.29, 1.82) is 0 Å². The number of rotatable bonds is 6. The summed E-state index contributed by atoms with van der Waals surface area (Å²) in [7, 11) is 1.34. The Hall–Kier alpha value is -1.76. The van der Waals surface area contributed by atoms with Gasteiger partial charge < -0.3 is 10.1 Å². The largest absolute Gasteiger partial charge is 0.496 e. The molecule has 2 fully saturated rings. The summed E-state index contributed by atoms with van der Waals surface area (Å²) in [4.78, 5) is 14.8. The number of amides is 1. The van der Waals surface area contributed by atoms with Gasteiger partial charge in [0.05, 0.1) is 18.2 Å². The van der Waals surface area contributed by atoms with Crippen LogP contribution < -0.4 is 10.1 Å². The van der Waals surface area contributed by atoms with Crippen molar-refractivity contribution in [1.82, 2.24) is 10.2 Å². The van der Waals surface area contributed by atoms with Crippen LogP contribution in [0, 0.1) is 5.92 Å². The number of nitrogens with zero attached hydrogens (tertiary/aromatic N) is 1. The number of halogens is 3. The van der Waals surface area contributed by atoms with E-state index in [9.17, 15) is 18.0 Å². The molecule has 7 heteroatoms. The van der Waals surface area contributed by atoms with Crippen molar-refractivity contribution in [2.75, 3.05) is 26.7 Å². The molecule has 1 aromatic rings. The van der Waals surface area contributed by atoms with Crippen LogP contribution in [0.5, 0.6) is 5.75 Å². The van der Waals surface area contributed by atoms with Gasteiger partial charge in [0.25, 0.3) is 5.91 Å². The lowest BCUT2D eigenvalue weighted by atomic mass is 10.1. The number of methoxy groups -OCH3 is 1. The predicted octanol–water partition coefficient (Wildman–Crippen LogP) is 3.32. The molecule has 1 N–H and O–H groups in total. The smallest absolute Gasteiger partial charge is 0.416 e. The van der Waals surface area contributed by atoms with E-state index in [1.165, 1.54) is 26.0 Å². The average molecular weight is 356 g/mol. The Morgan fingerprint density at radius 1 is 1.32 bits per heavy atom. The Kier molecular flexibility index (Phi) is 5.22. The lowest BCUT2D eigenvalue weighted by Crippen LogP contribution is -2.41. The molecule has 1 aromatic carbocycles. The highest BCUT2D eigenvalue weighted by Gasteiger charge is 2.33. The topological polar surface area (TPSA) is 41.6 Å². The van der Waals surface area contributed by atoms with Gasteiger partial charge in [0, 0.05) is 19.1 Å². The molecule has 0 radical (unpaired) electrons. The highest BCUT2D eigenvalue weighted by molar-refractivity contribution is 5.97. The van der Waals surface area contributed by atoms with E-state index in [1.807, 2.05) is 0 Å². The summed E-state index contributed by atoms with van der Waals surface area (Å²) in [6.07, 6.45) is 0.161. The minimum atomic E-state index is -4.49. The number of ether oxygens (including phenoxy) is 1. The molecule has 1 amide bonds. The zero-order valence-corrected chi connectivity index (χ0v) is 14.2. The van der Waals surface area contributed by atoms with Gasteiger partial charge in [-0.1, -0.05) is 0 Å². The third-order valence-corrected chi connectivity index (χ3v) is 4.96. The third-order valence-electron chi connectivity index (χ3n) is 4.96. The maximum Gasteiger partial charge on any atom is 0.416 e. The minimum absolute atomic E-state index is 0.0796. The molecule has 1 aliphatic carbocycles. The van der Waals surface area contributed by atoms with E-state index in [2.05, 4.69) is 10.2 Å². The fourth-order valence-electron chi connectivity index (χ4n) is 3.37. The SMILES string of the molecule is COc1ccc(C(F)(F)F)cc1C(=O)NCC1CCCN1CC1CC1. The maximum atomic E-state index is 12.9. The van der Waals surface area contributed by atoms with E-state index >= 15 is 0 Å². The van der Waals surface area contributed by atoms with Crippen LogP contribution in [0.25, 0.3) is 0 Å². The number of alkyl halides is 3. The molecule has 1 saturated heterocycles. The fourth-order valence-corrected chi connectivity index (χ4v) is 3.37. The van der Waals surface area contributed by atoms with Crippen molar-refractivity contribution >= 4 is 5.91 Å². The number of carbonyl (C=O) groups is 1. The Labute approximate surface area is 145 Å². The second-order valence-electron chi connectivity index (χ2n) is 6.86. The van der Waals surface area contributed by atoms with Gasteiger partial charge in [0.15, 0.2) is 0 Å². The van der Waals surface area contributed by atoms with Crippen LogP contribution in [0.1, 0.15) is 41.6 Å². The Morgan fingerprint density at radius 2 is 2.08 bits per heavy atom. The highest BCUT2D eigenvalue weighted by Crippen LogP contribution is 2.33. The number of nitrogens with one attached hydrogen (secondary N) is 1. The molecule has 4 nitrogen and oxygen atoms in total. The molecule has 0 bridgehead atoms. The zero-order valence-electron chi connectivity index (χ0n) is 14.2. The number of carbonyl (C=O) groups excluding carboxylic acids is 1. The minimum Gasteiger partial charge on any atom is -0.496 e. The molecule has 3 rings (SSSR count). The first-order valence-electron chi connectivity index (χ1n) is 8.66. The molecule has 1 unspecified atom stereocenters. The van der Waals surface area contributed by atoms with Crippen molar-refractivity contribution < 1.29 is 22.7 Å². The summed E-state index contributed by atoms with van der Waals surface area (Å²) in [5.41, 5.74) is -0.932. The summed E-state index contributed by atoms with van der Waals surface area (Å²) >= 11 is 0. The van der Waals surface area contributed by atoms with Gasteiger partial charge in [-0.2, -0.15) is 13.2 Å². The van der Waals surface area contributed by atoms with Crippen molar-refractivity contribution in [3.8, 4) is 5.75 Å². The number of hydrogen-bond donors (Lipinski definition) is 1. The molecule has 0 spiro atoms. The summed E-state index contributed by atoms with van der Waals surface area (Å²) in [6, 6.07) is 3.22. The van der Waals surface area contributed by atoms with Crippen LogP contribution in [0.15, 0.2) is 18.2 Å². The lowest BCUT2D eigenvalue weighted by Gasteiger charge is -2.24. The van der Waals surface area contributed by atoms with Crippen molar-refractivity contribution in [2.45, 2.75) is 37.9 Å². The molecule has 1 aliphatic heterocycles. The van der Waals surface area contributed by atoms with E-state index in [-0.39, 0.29) is 17.4 Å². The molecule has 25 heavy (non-hydrogen) atoms. The van der Waals surface area contributed by atoms with Crippen LogP contribution >= 0.6 is 0 Å². The summed E-state index contributed by atoms with van der Waals surface area (Å²) in [5.74, 6) is 0.396. The van der Waals surface area contributed by atoms with E-state index in [0.717, 1.165) is 44.0 Å². The van der Waals surface area contributed by atoms with Crippen molar-refractivity contribution in [2.24, 2.45) is 5.92 Å². The van der Waals surface area contributed by atoms with Crippen molar-refractivity contribution in [3.05, 3.63) is 29.3 Å². The maximum absolute atomic E-state index is 12.9. The van der Waals surface area contributed by atoms with Gasteiger partial charge in [0.1, 0.15) is 5.75 Å². The quantitative estimate of drug-likeness (QED) is 0.850. The van der Waals surface area contributed by atoms with E-state index in [4.69, 9.17) is 4.74 Å². The first-order valence-corrected chi connectivity index (χ1v) is 8.66. The molecule has 138 valence electrons. The van der Waals surface area contributed by atoms with Crippen molar-refractivity contribution in [3.63, 3.8) is 0 Å². The first-order chi connectivity index (χ1) is 11.9. The summed E-state index contributed by atoms with van der Waals surface area (Å²) < 4.78 is 43.7. The number of benzene rings is 1. The van der Waals surface area contributed by atoms with Gasteiger partial charge in [-0.15, -0.1) is 0 Å². The van der Waals surface area contributed by atoms with Crippen LogP contribution in [-0.4, -0.2) is 43.6 Å². The average Bonchev–Trinajstić information content (AvgIpc) is 3.28. The molecular formula is C18H23F3N2O2. The van der Waals surface area contributed by atoms with E-state index in [1.54, 1.807) is 0 Å².